The molecule has 6 heteroatoms. The number of non-ortho nitro benzene ring substituents is 1. The molecule has 1 atom stereocenters. The van der Waals surface area contributed by atoms with Crippen LogP contribution in [0.2, 0.25) is 0 Å². The quantitative estimate of drug-likeness (QED) is 0.660. The molecule has 0 bridgehead atoms. The van der Waals surface area contributed by atoms with Crippen molar-refractivity contribution in [3.8, 4) is 0 Å². The molecule has 1 aromatic heterocycles. The van der Waals surface area contributed by atoms with Gasteiger partial charge in [-0.15, -0.1) is 0 Å². The van der Waals surface area contributed by atoms with Gasteiger partial charge in [0.2, 0.25) is 0 Å². The summed E-state index contributed by atoms with van der Waals surface area (Å²) in [7, 11) is 0. The molecule has 0 fully saturated rings. The first-order valence-electron chi connectivity index (χ1n) is 6.26. The third-order valence-corrected chi connectivity index (χ3v) is 3.30. The Morgan fingerprint density at radius 3 is 2.79 bits per heavy atom. The Labute approximate surface area is 111 Å². The Hall–Kier alpha value is -2.11. The molecule has 0 spiro atoms. The van der Waals surface area contributed by atoms with Gasteiger partial charge in [-0.25, -0.2) is 0 Å². The van der Waals surface area contributed by atoms with Gasteiger partial charge >= 0.3 is 0 Å². The highest BCUT2D eigenvalue weighted by molar-refractivity contribution is 5.77. The molecule has 0 saturated carbocycles. The second-order valence-electron chi connectivity index (χ2n) is 5.03. The van der Waals surface area contributed by atoms with Gasteiger partial charge in [-0.1, -0.05) is 20.8 Å². The fourth-order valence-electron chi connectivity index (χ4n) is 1.59. The van der Waals surface area contributed by atoms with Gasteiger partial charge in [-0.3, -0.25) is 10.1 Å². The van der Waals surface area contributed by atoms with E-state index in [1.54, 1.807) is 6.07 Å². The van der Waals surface area contributed by atoms with Crippen molar-refractivity contribution < 1.29 is 9.34 Å². The summed E-state index contributed by atoms with van der Waals surface area (Å²) in [4.78, 5) is 14.5. The van der Waals surface area contributed by atoms with E-state index in [0.717, 1.165) is 6.54 Å². The first kappa shape index (κ1) is 13.3. The number of nitro benzene ring substituents is 1. The Bertz CT molecular complexity index is 592. The molecule has 1 unspecified atom stereocenters. The molecule has 19 heavy (non-hydrogen) atoms. The Morgan fingerprint density at radius 1 is 1.42 bits per heavy atom. The molecular formula is C13H17N3O3. The van der Waals surface area contributed by atoms with E-state index in [-0.39, 0.29) is 5.69 Å². The first-order valence-corrected chi connectivity index (χ1v) is 6.26. The van der Waals surface area contributed by atoms with Crippen molar-refractivity contribution in [2.75, 3.05) is 11.9 Å². The number of hydrogen-bond donors (Lipinski definition) is 1. The van der Waals surface area contributed by atoms with Crippen LogP contribution in [0.4, 0.5) is 11.7 Å². The number of nitro groups is 1. The summed E-state index contributed by atoms with van der Waals surface area (Å²) in [6, 6.07) is 4.81. The molecule has 0 radical (unpaired) electrons. The number of rotatable bonds is 5. The molecule has 0 amide bonds. The third-order valence-electron chi connectivity index (χ3n) is 3.30. The molecule has 0 saturated heterocycles. The second kappa shape index (κ2) is 5.26. The summed E-state index contributed by atoms with van der Waals surface area (Å²) in [6.07, 6.45) is 0. The lowest BCUT2D eigenvalue weighted by molar-refractivity contribution is -0.384. The van der Waals surface area contributed by atoms with Crippen molar-refractivity contribution in [2.45, 2.75) is 20.8 Å². The largest absolute Gasteiger partial charge is 0.423 e. The first-order chi connectivity index (χ1) is 8.97. The molecular weight excluding hydrogens is 246 g/mol. The van der Waals surface area contributed by atoms with Crippen LogP contribution in [0.15, 0.2) is 22.6 Å². The Kier molecular flexibility index (Phi) is 3.69. The zero-order valence-corrected chi connectivity index (χ0v) is 11.2. The van der Waals surface area contributed by atoms with Crippen LogP contribution in [0.25, 0.3) is 11.1 Å². The number of anilines is 1. The highest BCUT2D eigenvalue weighted by atomic mass is 16.6. The summed E-state index contributed by atoms with van der Waals surface area (Å²) < 4.78 is 5.46. The van der Waals surface area contributed by atoms with E-state index < -0.39 is 4.92 Å². The lowest BCUT2D eigenvalue weighted by Crippen LogP contribution is -2.16. The van der Waals surface area contributed by atoms with Crippen molar-refractivity contribution in [1.82, 2.24) is 4.98 Å². The molecule has 1 N–H and O–H groups in total. The zero-order valence-electron chi connectivity index (χ0n) is 11.2. The van der Waals surface area contributed by atoms with Crippen molar-refractivity contribution in [2.24, 2.45) is 11.8 Å². The van der Waals surface area contributed by atoms with Crippen molar-refractivity contribution in [3.63, 3.8) is 0 Å². The van der Waals surface area contributed by atoms with Gasteiger partial charge in [0.25, 0.3) is 11.7 Å². The number of aromatic nitrogens is 1. The fraction of sp³-hybridized carbons (Fsp3) is 0.462. The number of oxazole rings is 1. The third kappa shape index (κ3) is 3.01. The molecule has 0 aliphatic carbocycles. The molecule has 0 aliphatic rings. The highest BCUT2D eigenvalue weighted by Crippen LogP contribution is 2.24. The second-order valence-corrected chi connectivity index (χ2v) is 5.03. The molecule has 2 rings (SSSR count). The normalized spacial score (nSPS) is 12.8. The number of hydrogen-bond acceptors (Lipinski definition) is 5. The molecule has 2 aromatic rings. The van der Waals surface area contributed by atoms with E-state index in [4.69, 9.17) is 4.42 Å². The fourth-order valence-corrected chi connectivity index (χ4v) is 1.59. The number of fused-ring (bicyclic) bond motifs is 1. The van der Waals surface area contributed by atoms with Crippen LogP contribution in [0, 0.1) is 22.0 Å². The minimum Gasteiger partial charge on any atom is -0.423 e. The van der Waals surface area contributed by atoms with Crippen LogP contribution >= 0.6 is 0 Å². The van der Waals surface area contributed by atoms with E-state index in [0.29, 0.717) is 29.0 Å². The van der Waals surface area contributed by atoms with Gasteiger partial charge in [-0.2, -0.15) is 4.98 Å². The van der Waals surface area contributed by atoms with Crippen LogP contribution in [-0.4, -0.2) is 16.5 Å². The Balaban J connectivity index is 2.15. The van der Waals surface area contributed by atoms with Crippen LogP contribution in [0.3, 0.4) is 0 Å². The van der Waals surface area contributed by atoms with Gasteiger partial charge < -0.3 is 9.73 Å². The lowest BCUT2D eigenvalue weighted by atomic mass is 9.98. The highest BCUT2D eigenvalue weighted by Gasteiger charge is 2.13. The van der Waals surface area contributed by atoms with Crippen molar-refractivity contribution in [3.05, 3.63) is 28.3 Å². The lowest BCUT2D eigenvalue weighted by Gasteiger charge is -2.14. The maximum Gasteiger partial charge on any atom is 0.295 e. The topological polar surface area (TPSA) is 81.2 Å². The summed E-state index contributed by atoms with van der Waals surface area (Å²) >= 11 is 0. The SMILES string of the molecule is CC(C)C(C)CNc1nc2ccc([N+](=O)[O-])cc2o1. The Morgan fingerprint density at radius 2 is 2.16 bits per heavy atom. The molecule has 6 nitrogen and oxygen atoms in total. The number of nitrogens with one attached hydrogen (secondary N) is 1. The average Bonchev–Trinajstić information content (AvgIpc) is 2.77. The van der Waals surface area contributed by atoms with Crippen molar-refractivity contribution in [1.29, 1.82) is 0 Å². The number of benzene rings is 1. The molecule has 1 aromatic carbocycles. The predicted molar refractivity (Wildman–Crippen MR) is 73.2 cm³/mol. The zero-order chi connectivity index (χ0) is 14.0. The van der Waals surface area contributed by atoms with Crippen LogP contribution in [0.5, 0.6) is 0 Å². The van der Waals surface area contributed by atoms with E-state index >= 15 is 0 Å². The minimum atomic E-state index is -0.449. The maximum absolute atomic E-state index is 10.7. The van der Waals surface area contributed by atoms with Crippen molar-refractivity contribution >= 4 is 22.8 Å². The standard InChI is InChI=1S/C13H17N3O3/c1-8(2)9(3)7-14-13-15-11-5-4-10(16(17)18)6-12(11)19-13/h4-6,8-9H,7H2,1-3H3,(H,14,15). The number of nitrogens with zero attached hydrogens (tertiary/aromatic N) is 2. The molecule has 102 valence electrons. The summed E-state index contributed by atoms with van der Waals surface area (Å²) in [5.41, 5.74) is 1.05. The van der Waals surface area contributed by atoms with Gasteiger partial charge in [0.15, 0.2) is 5.58 Å². The predicted octanol–water partition coefficient (Wildman–Crippen LogP) is 3.44. The van der Waals surface area contributed by atoms with E-state index in [9.17, 15) is 10.1 Å². The summed E-state index contributed by atoms with van der Waals surface area (Å²) in [6.45, 7) is 7.21. The molecule has 0 aliphatic heterocycles. The van der Waals surface area contributed by atoms with Gasteiger partial charge in [0, 0.05) is 12.6 Å². The average molecular weight is 263 g/mol. The van der Waals surface area contributed by atoms with Crippen LogP contribution in [-0.2, 0) is 0 Å². The smallest absolute Gasteiger partial charge is 0.295 e. The van der Waals surface area contributed by atoms with Gasteiger partial charge in [0.1, 0.15) is 5.52 Å². The van der Waals surface area contributed by atoms with Crippen LogP contribution in [0.1, 0.15) is 20.8 Å². The monoisotopic (exact) mass is 263 g/mol. The summed E-state index contributed by atoms with van der Waals surface area (Å²) in [5, 5.41) is 13.8. The molecule has 1 heterocycles. The van der Waals surface area contributed by atoms with Gasteiger partial charge in [0.05, 0.1) is 11.0 Å². The van der Waals surface area contributed by atoms with E-state index in [1.165, 1.54) is 12.1 Å². The van der Waals surface area contributed by atoms with E-state index in [2.05, 4.69) is 31.1 Å². The van der Waals surface area contributed by atoms with Gasteiger partial charge in [-0.05, 0) is 17.9 Å². The minimum absolute atomic E-state index is 0.00532. The van der Waals surface area contributed by atoms with Crippen LogP contribution < -0.4 is 5.32 Å². The van der Waals surface area contributed by atoms with E-state index in [1.807, 2.05) is 0 Å². The summed E-state index contributed by atoms with van der Waals surface area (Å²) in [5.74, 6) is 1.06. The maximum atomic E-state index is 10.7.